The Kier molecular flexibility index (Phi) is 7.79. The number of sulfonamides is 1. The van der Waals surface area contributed by atoms with Crippen LogP contribution in [0.4, 0.5) is 11.4 Å². The van der Waals surface area contributed by atoms with Crippen LogP contribution in [-0.2, 0) is 14.8 Å². The zero-order valence-corrected chi connectivity index (χ0v) is 19.7. The van der Waals surface area contributed by atoms with Gasteiger partial charge in [0.15, 0.2) is 0 Å². The molecule has 0 saturated heterocycles. The highest BCUT2D eigenvalue weighted by Crippen LogP contribution is 2.33. The minimum atomic E-state index is -3.64. The van der Waals surface area contributed by atoms with E-state index in [1.807, 2.05) is 54.6 Å². The van der Waals surface area contributed by atoms with Crippen LogP contribution < -0.4 is 15.4 Å². The van der Waals surface area contributed by atoms with Crippen molar-refractivity contribution in [2.75, 3.05) is 38.4 Å². The molecule has 3 aromatic rings. The lowest BCUT2D eigenvalue weighted by Crippen LogP contribution is -2.24. The highest BCUT2D eigenvalue weighted by molar-refractivity contribution is 7.99. The van der Waals surface area contributed by atoms with Crippen LogP contribution in [0.15, 0.2) is 87.5 Å². The highest BCUT2D eigenvalue weighted by atomic mass is 32.2. The van der Waals surface area contributed by atoms with E-state index in [1.165, 1.54) is 39.4 Å². The fourth-order valence-electron chi connectivity index (χ4n) is 2.84. The molecule has 0 aliphatic carbocycles. The smallest absolute Gasteiger partial charge is 0.243 e. The number of carbonyl (C=O) groups excluding carboxylic acids is 1. The maximum Gasteiger partial charge on any atom is 0.243 e. The quantitative estimate of drug-likeness (QED) is 0.488. The normalized spacial score (nSPS) is 11.2. The van der Waals surface area contributed by atoms with Gasteiger partial charge in [-0.25, -0.2) is 12.7 Å². The fraction of sp³-hybridized carbons (Fsp3) is 0.174. The summed E-state index contributed by atoms with van der Waals surface area (Å²) in [6, 6.07) is 22.0. The molecule has 0 unspecified atom stereocenters. The summed E-state index contributed by atoms with van der Waals surface area (Å²) in [5.41, 5.74) is 1.11. The van der Waals surface area contributed by atoms with E-state index in [9.17, 15) is 13.2 Å². The number of para-hydroxylation sites is 1. The van der Waals surface area contributed by atoms with Gasteiger partial charge in [-0.3, -0.25) is 4.79 Å². The molecular weight excluding hydrogens is 446 g/mol. The summed E-state index contributed by atoms with van der Waals surface area (Å²) in [5, 5.41) is 5.89. The van der Waals surface area contributed by atoms with Crippen LogP contribution in [0.25, 0.3) is 0 Å². The largest absolute Gasteiger partial charge is 0.495 e. The first-order chi connectivity index (χ1) is 15.3. The first-order valence-electron chi connectivity index (χ1n) is 9.77. The predicted molar refractivity (Wildman–Crippen MR) is 128 cm³/mol. The van der Waals surface area contributed by atoms with E-state index < -0.39 is 10.0 Å². The van der Waals surface area contributed by atoms with E-state index in [-0.39, 0.29) is 23.0 Å². The molecule has 0 radical (unpaired) electrons. The number of hydrogen-bond donors (Lipinski definition) is 2. The van der Waals surface area contributed by atoms with Crippen molar-refractivity contribution in [2.45, 2.75) is 14.7 Å². The molecule has 0 spiro atoms. The topological polar surface area (TPSA) is 87.7 Å². The summed E-state index contributed by atoms with van der Waals surface area (Å²) >= 11 is 1.60. The molecular formula is C23H25N3O4S2. The van der Waals surface area contributed by atoms with Crippen molar-refractivity contribution in [2.24, 2.45) is 0 Å². The van der Waals surface area contributed by atoms with Crippen LogP contribution in [0.5, 0.6) is 5.75 Å². The van der Waals surface area contributed by atoms with Crippen molar-refractivity contribution in [1.29, 1.82) is 0 Å². The van der Waals surface area contributed by atoms with Crippen LogP contribution in [0, 0.1) is 0 Å². The van der Waals surface area contributed by atoms with Crippen molar-refractivity contribution in [3.63, 3.8) is 0 Å². The standard InChI is InChI=1S/C23H25N3O4S2/c1-26(2)32(28,29)18-13-14-21(30-3)20(15-18)25-23(27)16-24-19-11-7-8-12-22(19)31-17-9-5-4-6-10-17/h4-15,24H,16H2,1-3H3,(H,25,27). The summed E-state index contributed by atoms with van der Waals surface area (Å²) in [7, 11) is 0.718. The molecule has 2 N–H and O–H groups in total. The monoisotopic (exact) mass is 471 g/mol. The molecule has 0 aliphatic heterocycles. The van der Waals surface area contributed by atoms with E-state index in [4.69, 9.17) is 4.74 Å². The molecule has 3 aromatic carbocycles. The van der Waals surface area contributed by atoms with Gasteiger partial charge < -0.3 is 15.4 Å². The lowest BCUT2D eigenvalue weighted by atomic mass is 10.3. The van der Waals surface area contributed by atoms with E-state index >= 15 is 0 Å². The van der Waals surface area contributed by atoms with Crippen molar-refractivity contribution >= 4 is 39.1 Å². The minimum absolute atomic E-state index is 0.000174. The van der Waals surface area contributed by atoms with Crippen molar-refractivity contribution in [3.8, 4) is 5.75 Å². The number of ether oxygens (including phenoxy) is 1. The van der Waals surface area contributed by atoms with E-state index in [0.717, 1.165) is 19.8 Å². The van der Waals surface area contributed by atoms with Crippen LogP contribution in [0.3, 0.4) is 0 Å². The van der Waals surface area contributed by atoms with Gasteiger partial charge in [0, 0.05) is 29.6 Å². The molecule has 168 valence electrons. The van der Waals surface area contributed by atoms with E-state index in [1.54, 1.807) is 11.8 Å². The van der Waals surface area contributed by atoms with Gasteiger partial charge in [0.25, 0.3) is 0 Å². The molecule has 0 aliphatic rings. The third-order valence-corrected chi connectivity index (χ3v) is 7.42. The van der Waals surface area contributed by atoms with Gasteiger partial charge in [0.05, 0.1) is 24.2 Å². The first kappa shape index (κ1) is 23.6. The van der Waals surface area contributed by atoms with Gasteiger partial charge >= 0.3 is 0 Å². The Bertz CT molecular complexity index is 1180. The number of nitrogens with zero attached hydrogens (tertiary/aromatic N) is 1. The average molecular weight is 472 g/mol. The second-order valence-electron chi connectivity index (χ2n) is 6.96. The number of methoxy groups -OCH3 is 1. The van der Waals surface area contributed by atoms with Crippen molar-refractivity contribution in [3.05, 3.63) is 72.8 Å². The zero-order valence-electron chi connectivity index (χ0n) is 18.0. The van der Waals surface area contributed by atoms with Crippen LogP contribution in [0.1, 0.15) is 0 Å². The molecule has 0 saturated carbocycles. The second-order valence-corrected chi connectivity index (χ2v) is 10.2. The zero-order chi connectivity index (χ0) is 23.1. The average Bonchev–Trinajstić information content (AvgIpc) is 2.79. The Morgan fingerprint density at radius 3 is 2.34 bits per heavy atom. The summed E-state index contributed by atoms with van der Waals surface area (Å²) in [6.07, 6.45) is 0. The van der Waals surface area contributed by atoms with E-state index in [0.29, 0.717) is 5.75 Å². The lowest BCUT2D eigenvalue weighted by Gasteiger charge is -2.16. The van der Waals surface area contributed by atoms with Gasteiger partial charge in [-0.2, -0.15) is 0 Å². The number of nitrogens with one attached hydrogen (secondary N) is 2. The Morgan fingerprint density at radius 1 is 0.969 bits per heavy atom. The summed E-state index contributed by atoms with van der Waals surface area (Å²) in [5.74, 6) is 0.0401. The summed E-state index contributed by atoms with van der Waals surface area (Å²) < 4.78 is 31.2. The van der Waals surface area contributed by atoms with Gasteiger partial charge in [-0.15, -0.1) is 0 Å². The molecule has 0 atom stereocenters. The summed E-state index contributed by atoms with van der Waals surface area (Å²) in [4.78, 5) is 14.8. The molecule has 0 bridgehead atoms. The number of anilines is 2. The first-order valence-corrected chi connectivity index (χ1v) is 12.0. The molecule has 0 heterocycles. The minimum Gasteiger partial charge on any atom is -0.495 e. The van der Waals surface area contributed by atoms with Crippen LogP contribution >= 0.6 is 11.8 Å². The molecule has 32 heavy (non-hydrogen) atoms. The number of hydrogen-bond acceptors (Lipinski definition) is 6. The SMILES string of the molecule is COc1ccc(S(=O)(=O)N(C)C)cc1NC(=O)CNc1ccccc1Sc1ccccc1. The van der Waals surface area contributed by atoms with Crippen molar-refractivity contribution in [1.82, 2.24) is 4.31 Å². The molecule has 0 aromatic heterocycles. The third-order valence-electron chi connectivity index (χ3n) is 4.52. The van der Waals surface area contributed by atoms with Gasteiger partial charge in [0.1, 0.15) is 5.75 Å². The van der Waals surface area contributed by atoms with Crippen molar-refractivity contribution < 1.29 is 17.9 Å². The molecule has 0 fully saturated rings. The highest BCUT2D eigenvalue weighted by Gasteiger charge is 2.20. The number of rotatable bonds is 9. The second kappa shape index (κ2) is 10.5. The van der Waals surface area contributed by atoms with Crippen LogP contribution in [0.2, 0.25) is 0 Å². The third kappa shape index (κ3) is 5.82. The molecule has 3 rings (SSSR count). The van der Waals surface area contributed by atoms with Gasteiger partial charge in [-0.05, 0) is 42.5 Å². The molecule has 1 amide bonds. The maximum atomic E-state index is 12.6. The number of amides is 1. The number of carbonyl (C=O) groups is 1. The number of benzene rings is 3. The Morgan fingerprint density at radius 2 is 1.66 bits per heavy atom. The van der Waals surface area contributed by atoms with Gasteiger partial charge in [0.2, 0.25) is 15.9 Å². The Labute approximate surface area is 192 Å². The molecule has 9 heteroatoms. The Balaban J connectivity index is 1.72. The maximum absolute atomic E-state index is 12.6. The van der Waals surface area contributed by atoms with Gasteiger partial charge in [-0.1, -0.05) is 42.1 Å². The molecule has 7 nitrogen and oxygen atoms in total. The fourth-order valence-corrected chi connectivity index (χ4v) is 4.72. The Hall–Kier alpha value is -3.01. The van der Waals surface area contributed by atoms with E-state index in [2.05, 4.69) is 10.6 Å². The lowest BCUT2D eigenvalue weighted by molar-refractivity contribution is -0.114. The predicted octanol–water partition coefficient (Wildman–Crippen LogP) is 4.15. The van der Waals surface area contributed by atoms with Crippen LogP contribution in [-0.4, -0.2) is 46.4 Å². The summed E-state index contributed by atoms with van der Waals surface area (Å²) in [6.45, 7) is 0.000174.